The molecule has 440 valence electrons. The number of carboxylic acid groups (broad SMARTS) is 1. The summed E-state index contributed by atoms with van der Waals surface area (Å²) in [7, 11) is 0. The van der Waals surface area contributed by atoms with Crippen LogP contribution in [0.2, 0.25) is 0 Å². The first-order chi connectivity index (χ1) is 40.0. The summed E-state index contributed by atoms with van der Waals surface area (Å²) in [6.07, 6.45) is -3.84. The van der Waals surface area contributed by atoms with Gasteiger partial charge >= 0.3 is 11.9 Å². The van der Waals surface area contributed by atoms with Crippen LogP contribution in [0.3, 0.4) is 0 Å². The molecule has 25 nitrogen and oxygen atoms in total. The third-order valence-electron chi connectivity index (χ3n) is 17.6. The number of esters is 1. The predicted octanol–water partition coefficient (Wildman–Crippen LogP) is -1.07. The van der Waals surface area contributed by atoms with Crippen molar-refractivity contribution >= 4 is 29.2 Å². The Morgan fingerprint density at radius 1 is 0.929 bits per heavy atom. The van der Waals surface area contributed by atoms with Gasteiger partial charge in [0.1, 0.15) is 52.3 Å². The number of aldehydes is 1. The van der Waals surface area contributed by atoms with Gasteiger partial charge in [-0.25, -0.2) is 9.59 Å². The number of fused-ring (bicyclic) bond motifs is 10. The van der Waals surface area contributed by atoms with E-state index in [4.69, 9.17) is 23.4 Å². The second-order valence-electron chi connectivity index (χ2n) is 22.5. The quantitative estimate of drug-likeness (QED) is 0.0224. The molecule has 13 rings (SSSR count). The lowest BCUT2D eigenvalue weighted by molar-refractivity contribution is -0.434. The number of hydrogen-bond donors (Lipinski definition) is 16. The molecule has 0 amide bonds. The number of rotatable bonds is 10. The fraction of sp³-hybridized carbons (Fsp3) is 0.424. The number of dihydropyridines is 1. The summed E-state index contributed by atoms with van der Waals surface area (Å²) in [6.45, 7) is -1.41. The summed E-state index contributed by atoms with van der Waals surface area (Å²) in [5.74, 6) is -10.2. The van der Waals surface area contributed by atoms with Crippen LogP contribution in [-0.4, -0.2) is 174 Å². The molecule has 3 fully saturated rings. The van der Waals surface area contributed by atoms with Gasteiger partial charge in [0.25, 0.3) is 11.4 Å². The normalized spacial score (nSPS) is 34.5. The van der Waals surface area contributed by atoms with Gasteiger partial charge in [0.15, 0.2) is 29.1 Å². The topological polar surface area (TPSA) is 421 Å². The number of carbonyl (C=O) groups excluding carboxylic acids is 2. The summed E-state index contributed by atoms with van der Waals surface area (Å²) >= 11 is 0. The molecule has 3 saturated heterocycles. The number of aliphatic carboxylic acids is 1. The van der Waals surface area contributed by atoms with E-state index in [1.54, 1.807) is 12.3 Å². The fourth-order valence-corrected chi connectivity index (χ4v) is 13.1. The van der Waals surface area contributed by atoms with Crippen LogP contribution in [0.15, 0.2) is 93.0 Å². The third kappa shape index (κ3) is 8.26. The highest BCUT2D eigenvalue weighted by molar-refractivity contribution is 5.90. The summed E-state index contributed by atoms with van der Waals surface area (Å²) in [4.78, 5) is 59.1. The van der Waals surface area contributed by atoms with Gasteiger partial charge in [-0.05, 0) is 66.4 Å². The maximum absolute atomic E-state index is 16.0. The number of allylic oxidation sites excluding steroid dienone is 4. The summed E-state index contributed by atoms with van der Waals surface area (Å²) < 4.78 is 32.2. The largest absolute Gasteiger partial charge is 0.507 e. The van der Waals surface area contributed by atoms with Gasteiger partial charge in [-0.3, -0.25) is 10.1 Å². The smallest absolute Gasteiger partial charge is 0.354 e. The van der Waals surface area contributed by atoms with Crippen molar-refractivity contribution in [3.63, 3.8) is 0 Å². The van der Waals surface area contributed by atoms with E-state index < -0.39 is 167 Å². The lowest BCUT2D eigenvalue weighted by atomic mass is 9.67. The van der Waals surface area contributed by atoms with Crippen LogP contribution in [-0.2, 0) is 41.4 Å². The van der Waals surface area contributed by atoms with Crippen LogP contribution >= 0.6 is 0 Å². The molecule has 1 unspecified atom stereocenters. The minimum atomic E-state index is -4.07. The predicted molar refractivity (Wildman–Crippen MR) is 284 cm³/mol. The van der Waals surface area contributed by atoms with E-state index in [0.717, 1.165) is 30.2 Å². The number of phenolic OH excluding ortho intramolecular Hbond substituents is 3. The number of benzene rings is 2. The average Bonchev–Trinajstić information content (AvgIpc) is 1.27. The minimum absolute atomic E-state index is 0.0135. The number of phenols is 3. The van der Waals surface area contributed by atoms with E-state index in [1.807, 2.05) is 12.0 Å². The number of hydrogen-bond acceptors (Lipinski definition) is 23. The Morgan fingerprint density at radius 2 is 1.73 bits per heavy atom. The second-order valence-corrected chi connectivity index (χ2v) is 22.5. The van der Waals surface area contributed by atoms with Crippen molar-refractivity contribution in [1.82, 2.24) is 15.6 Å². The fourth-order valence-electron chi connectivity index (χ4n) is 13.1. The molecule has 2 aliphatic carbocycles. The zero-order chi connectivity index (χ0) is 59.6. The minimum Gasteiger partial charge on any atom is -0.507 e. The molecule has 7 aliphatic heterocycles. The molecule has 4 aromatic rings. The number of H-pyrrole nitrogens is 1. The van der Waals surface area contributed by atoms with Crippen molar-refractivity contribution in [1.29, 1.82) is 0 Å². The van der Waals surface area contributed by atoms with Crippen molar-refractivity contribution in [2.24, 2.45) is 11.8 Å². The van der Waals surface area contributed by atoms with Crippen molar-refractivity contribution in [3.05, 3.63) is 116 Å². The molecule has 9 heterocycles. The van der Waals surface area contributed by atoms with E-state index in [0.29, 0.717) is 24.0 Å². The monoisotopic (exact) mass is 1160 g/mol. The molecule has 16 N–H and O–H groups in total. The van der Waals surface area contributed by atoms with Crippen LogP contribution in [0.5, 0.6) is 23.0 Å². The van der Waals surface area contributed by atoms with E-state index in [-0.39, 0.29) is 58.1 Å². The Labute approximate surface area is 475 Å². The number of ether oxygens (including phenoxy) is 4. The average molecular weight is 1160 g/mol. The Morgan fingerprint density at radius 3 is 2.48 bits per heavy atom. The molecule has 25 heteroatoms. The van der Waals surface area contributed by atoms with Gasteiger partial charge in [0.05, 0.1) is 12.6 Å². The number of aromatic nitrogens is 1. The van der Waals surface area contributed by atoms with Gasteiger partial charge in [0, 0.05) is 109 Å². The van der Waals surface area contributed by atoms with Crippen molar-refractivity contribution in [3.8, 4) is 58.0 Å². The zero-order valence-electron chi connectivity index (χ0n) is 44.2. The van der Waals surface area contributed by atoms with E-state index in [2.05, 4.69) is 45.5 Å². The molecule has 0 radical (unpaired) electrons. The highest BCUT2D eigenvalue weighted by Gasteiger charge is 2.78. The molecule has 2 spiro atoms. The van der Waals surface area contributed by atoms with E-state index >= 15 is 4.79 Å². The molecule has 84 heavy (non-hydrogen) atoms. The van der Waals surface area contributed by atoms with Gasteiger partial charge in [0.2, 0.25) is 17.2 Å². The molecule has 14 atom stereocenters. The molecule has 2 aromatic heterocycles. The molecule has 6 bridgehead atoms. The molecule has 0 saturated carbocycles. The Balaban J connectivity index is 1.14. The molecule has 9 aliphatic rings. The number of aliphatic hydroxyl groups excluding tert-OH is 6. The van der Waals surface area contributed by atoms with Crippen molar-refractivity contribution in [2.75, 3.05) is 13.2 Å². The van der Waals surface area contributed by atoms with Gasteiger partial charge in [-0.1, -0.05) is 42.1 Å². The highest BCUT2D eigenvalue weighted by Crippen LogP contribution is 2.58. The van der Waals surface area contributed by atoms with E-state index in [1.165, 1.54) is 18.3 Å². The third-order valence-corrected chi connectivity index (χ3v) is 17.6. The van der Waals surface area contributed by atoms with Gasteiger partial charge in [-0.15, -0.1) is 0 Å². The molecular weight excluding hydrogens is 1100 g/mol. The van der Waals surface area contributed by atoms with Crippen LogP contribution in [0.4, 0.5) is 0 Å². The van der Waals surface area contributed by atoms with Crippen molar-refractivity contribution in [2.45, 2.75) is 128 Å². The van der Waals surface area contributed by atoms with Crippen molar-refractivity contribution < 1.29 is 104 Å². The summed E-state index contributed by atoms with van der Waals surface area (Å²) in [5, 5.41) is 158. The Bertz CT molecular complexity index is 3780. The van der Waals surface area contributed by atoms with Gasteiger partial charge in [-0.2, -0.15) is 0 Å². The number of carbonyl (C=O) groups is 3. The highest BCUT2D eigenvalue weighted by atomic mass is 16.8. The number of piperidine rings is 1. The van der Waals surface area contributed by atoms with Gasteiger partial charge < -0.3 is 105 Å². The number of carboxylic acids is 1. The van der Waals surface area contributed by atoms with E-state index in [9.17, 15) is 80.8 Å². The summed E-state index contributed by atoms with van der Waals surface area (Å²) in [5.41, 5.74) is -10.2. The van der Waals surface area contributed by atoms with Crippen LogP contribution in [0, 0.1) is 35.5 Å². The first-order valence-electron chi connectivity index (χ1n) is 27.0. The number of nitrogens with one attached hydrogen (secondary N) is 3. The number of aliphatic hydroxyl groups is 9. The lowest BCUT2D eigenvalue weighted by Crippen LogP contribution is -2.81. The van der Waals surface area contributed by atoms with Crippen LogP contribution in [0.1, 0.15) is 66.8 Å². The number of aromatic amines is 1. The number of aromatic hydroxyl groups is 3. The second kappa shape index (κ2) is 20.2. The first kappa shape index (κ1) is 56.6. The SMILES string of the molecule is O=CC[C@@H](CO)C[C@]12OC(=O)[C@@]3(CC#C[C@](C(=O)O)(O1)C(O)(O)[C@H](O)[C@H]2O)O[C@@]12Oc4cc5oc(-c6cc(O)c(O)c(CCO)c6)cc(=O)c5c(O)c4[C@H](C4=CNC5N[C@@H]6C=CC[C@@H](C6)C5=C4)C=C1Cc1[nH]ccc1C#CC[C@]3(O)[C@H](O)[C@H]2O. The Hall–Kier alpha value is -7.86. The summed E-state index contributed by atoms with van der Waals surface area (Å²) in [6, 6.07) is 6.20. The first-order valence-corrected chi connectivity index (χ1v) is 27.0. The standard InChI is InChI=1S/C59H57N3O22/c63-14-8-27(26-65)24-57-48(71)50(73)59(78,79)55(83-57,52(74)75)11-3-12-56(53(76)82-57)54(77)10-2-5-28-7-13-60-37(28)21-33-20-35(32-18-36-29-4-1-6-34(17-29)62-51(36)61-25-32)43-42(81-58(33,84-56)49(72)47(54)70)23-41-44(46(43)69)38(66)22-40(80-41)31-16-30(9-15-64)45(68)39(67)19-31/h1,6-7,13-14,16,18-20,22-23,25,27,29,34-35,47-51,60-62,64-65,67-73,77-79H,4,8-10,12,15,17,21,24,26H2,(H,74,75)/t27-,29+,34-,35+,47-,48-,49-,50-,51?,54+,55-,56-,57+,58+/m1/s1. The lowest BCUT2D eigenvalue weighted by Gasteiger charge is -2.58. The Kier molecular flexibility index (Phi) is 13.6. The molecular formula is C59H57N3O22. The maximum Gasteiger partial charge on any atom is 0.354 e. The maximum atomic E-state index is 16.0. The molecule has 2 aromatic carbocycles. The van der Waals surface area contributed by atoms with Crippen LogP contribution in [0.25, 0.3) is 22.3 Å². The van der Waals surface area contributed by atoms with Crippen LogP contribution < -0.4 is 20.8 Å². The zero-order valence-corrected chi connectivity index (χ0v) is 44.2.